The second-order valence-corrected chi connectivity index (χ2v) is 3.80. The quantitative estimate of drug-likeness (QED) is 0.555. The Kier molecular flexibility index (Phi) is 5.25. The van der Waals surface area contributed by atoms with Crippen molar-refractivity contribution in [3.63, 3.8) is 0 Å². The highest BCUT2D eigenvalue weighted by atomic mass is 16.6. The van der Waals surface area contributed by atoms with Gasteiger partial charge in [-0.3, -0.25) is 10.1 Å². The molecule has 1 rings (SSSR count). The zero-order valence-corrected chi connectivity index (χ0v) is 10.4. The van der Waals surface area contributed by atoms with E-state index in [4.69, 9.17) is 10.5 Å². The number of rotatable bonds is 7. The van der Waals surface area contributed by atoms with E-state index in [2.05, 4.69) is 15.3 Å². The Morgan fingerprint density at radius 2 is 2.39 bits per heavy atom. The molecule has 100 valence electrons. The number of ether oxygens (including phenoxy) is 1. The molecule has 0 aliphatic carbocycles. The topological polar surface area (TPSA) is 116 Å². The van der Waals surface area contributed by atoms with E-state index < -0.39 is 4.92 Å². The van der Waals surface area contributed by atoms with Gasteiger partial charge in [-0.1, -0.05) is 13.3 Å². The average Bonchev–Trinajstić information content (AvgIpc) is 2.29. The summed E-state index contributed by atoms with van der Waals surface area (Å²) < 4.78 is 5.05. The van der Waals surface area contributed by atoms with Gasteiger partial charge in [-0.25, -0.2) is 4.98 Å². The number of methoxy groups -OCH3 is 1. The SMILES string of the molecule is CCCC(COC)Nc1nc(N)ncc1[N+](=O)[O-]. The van der Waals surface area contributed by atoms with Gasteiger partial charge in [-0.2, -0.15) is 4.98 Å². The third-order valence-corrected chi connectivity index (χ3v) is 2.33. The Labute approximate surface area is 105 Å². The maximum atomic E-state index is 10.8. The number of nitrogens with zero attached hydrogens (tertiary/aromatic N) is 3. The lowest BCUT2D eigenvalue weighted by atomic mass is 10.2. The first-order valence-electron chi connectivity index (χ1n) is 5.60. The molecule has 0 aliphatic rings. The monoisotopic (exact) mass is 255 g/mol. The third-order valence-electron chi connectivity index (χ3n) is 2.33. The van der Waals surface area contributed by atoms with E-state index in [0.717, 1.165) is 19.0 Å². The van der Waals surface area contributed by atoms with Crippen LogP contribution in [0.5, 0.6) is 0 Å². The third kappa shape index (κ3) is 3.81. The first-order chi connectivity index (χ1) is 8.58. The highest BCUT2D eigenvalue weighted by Gasteiger charge is 2.19. The van der Waals surface area contributed by atoms with E-state index in [9.17, 15) is 10.1 Å². The lowest BCUT2D eigenvalue weighted by molar-refractivity contribution is -0.384. The highest BCUT2D eigenvalue weighted by Crippen LogP contribution is 2.22. The predicted octanol–water partition coefficient (Wildman–Crippen LogP) is 1.19. The van der Waals surface area contributed by atoms with E-state index in [1.165, 1.54) is 0 Å². The van der Waals surface area contributed by atoms with Crippen LogP contribution in [0.4, 0.5) is 17.5 Å². The van der Waals surface area contributed by atoms with Crippen LogP contribution in [-0.4, -0.2) is 34.6 Å². The molecule has 18 heavy (non-hydrogen) atoms. The van der Waals surface area contributed by atoms with Crippen LogP contribution in [0.3, 0.4) is 0 Å². The van der Waals surface area contributed by atoms with Crippen molar-refractivity contribution in [1.82, 2.24) is 9.97 Å². The van der Waals surface area contributed by atoms with Gasteiger partial charge in [0.15, 0.2) is 0 Å². The Bertz CT molecular complexity index is 406. The molecule has 0 amide bonds. The molecule has 1 atom stereocenters. The van der Waals surface area contributed by atoms with E-state index in [0.29, 0.717) is 6.61 Å². The summed E-state index contributed by atoms with van der Waals surface area (Å²) in [7, 11) is 1.58. The number of aromatic nitrogens is 2. The second-order valence-electron chi connectivity index (χ2n) is 3.80. The van der Waals surface area contributed by atoms with Crippen molar-refractivity contribution in [2.75, 3.05) is 24.8 Å². The summed E-state index contributed by atoms with van der Waals surface area (Å²) in [6.45, 7) is 2.46. The number of nitrogens with two attached hydrogens (primary N) is 1. The summed E-state index contributed by atoms with van der Waals surface area (Å²) in [6, 6.07) is -0.0481. The van der Waals surface area contributed by atoms with E-state index in [1.807, 2.05) is 6.92 Å². The van der Waals surface area contributed by atoms with Crippen molar-refractivity contribution in [3.8, 4) is 0 Å². The van der Waals surface area contributed by atoms with Gasteiger partial charge in [0.1, 0.15) is 6.20 Å². The van der Waals surface area contributed by atoms with Crippen LogP contribution in [-0.2, 0) is 4.74 Å². The van der Waals surface area contributed by atoms with Gasteiger partial charge in [0.25, 0.3) is 0 Å². The van der Waals surface area contributed by atoms with Crippen molar-refractivity contribution in [1.29, 1.82) is 0 Å². The number of hydrogen-bond acceptors (Lipinski definition) is 7. The molecule has 0 saturated carbocycles. The van der Waals surface area contributed by atoms with Crippen LogP contribution >= 0.6 is 0 Å². The molecule has 8 nitrogen and oxygen atoms in total. The predicted molar refractivity (Wildman–Crippen MR) is 67.3 cm³/mol. The van der Waals surface area contributed by atoms with Crippen molar-refractivity contribution in [2.24, 2.45) is 0 Å². The number of nitrogens with one attached hydrogen (secondary N) is 1. The van der Waals surface area contributed by atoms with Crippen LogP contribution < -0.4 is 11.1 Å². The summed E-state index contributed by atoms with van der Waals surface area (Å²) in [5, 5.41) is 13.8. The Morgan fingerprint density at radius 1 is 1.67 bits per heavy atom. The zero-order chi connectivity index (χ0) is 13.5. The van der Waals surface area contributed by atoms with Crippen LogP contribution in [0.15, 0.2) is 6.20 Å². The summed E-state index contributed by atoms with van der Waals surface area (Å²) in [5.41, 5.74) is 5.24. The Balaban J connectivity index is 2.92. The summed E-state index contributed by atoms with van der Waals surface area (Å²) in [5.74, 6) is 0.124. The van der Waals surface area contributed by atoms with Gasteiger partial charge in [-0.15, -0.1) is 0 Å². The number of anilines is 2. The minimum Gasteiger partial charge on any atom is -0.383 e. The van der Waals surface area contributed by atoms with E-state index in [1.54, 1.807) is 7.11 Å². The average molecular weight is 255 g/mol. The molecule has 0 fully saturated rings. The van der Waals surface area contributed by atoms with Gasteiger partial charge in [0, 0.05) is 7.11 Å². The normalized spacial score (nSPS) is 12.1. The number of hydrogen-bond donors (Lipinski definition) is 2. The summed E-state index contributed by atoms with van der Waals surface area (Å²) >= 11 is 0. The Hall–Kier alpha value is -1.96. The maximum absolute atomic E-state index is 10.8. The highest BCUT2D eigenvalue weighted by molar-refractivity contribution is 5.56. The Morgan fingerprint density at radius 3 is 2.94 bits per heavy atom. The lowest BCUT2D eigenvalue weighted by Gasteiger charge is -2.17. The van der Waals surface area contributed by atoms with Crippen molar-refractivity contribution >= 4 is 17.5 Å². The van der Waals surface area contributed by atoms with Gasteiger partial charge >= 0.3 is 5.69 Å². The molecule has 0 aromatic carbocycles. The number of nitrogen functional groups attached to an aromatic ring is 1. The van der Waals surface area contributed by atoms with Crippen molar-refractivity contribution in [3.05, 3.63) is 16.3 Å². The van der Waals surface area contributed by atoms with Gasteiger partial charge in [0.05, 0.1) is 17.6 Å². The number of nitro groups is 1. The first-order valence-corrected chi connectivity index (χ1v) is 5.60. The summed E-state index contributed by atoms with van der Waals surface area (Å²) in [6.07, 6.45) is 2.84. The van der Waals surface area contributed by atoms with Gasteiger partial charge in [0.2, 0.25) is 11.8 Å². The largest absolute Gasteiger partial charge is 0.383 e. The molecule has 1 aromatic heterocycles. The molecule has 0 bridgehead atoms. The fourth-order valence-electron chi connectivity index (χ4n) is 1.57. The van der Waals surface area contributed by atoms with Crippen LogP contribution in [0.1, 0.15) is 19.8 Å². The molecular weight excluding hydrogens is 238 g/mol. The smallest absolute Gasteiger partial charge is 0.329 e. The standard InChI is InChI=1S/C10H17N5O3/c1-3-4-7(6-18-2)13-9-8(15(16)17)5-12-10(11)14-9/h5,7H,3-4,6H2,1-2H3,(H3,11,12,13,14). The fourth-order valence-corrected chi connectivity index (χ4v) is 1.57. The molecule has 1 heterocycles. The molecule has 0 radical (unpaired) electrons. The minimum atomic E-state index is -0.544. The molecule has 0 spiro atoms. The molecule has 8 heteroatoms. The van der Waals surface area contributed by atoms with Crippen molar-refractivity contribution < 1.29 is 9.66 Å². The lowest BCUT2D eigenvalue weighted by Crippen LogP contribution is -2.26. The summed E-state index contributed by atoms with van der Waals surface area (Å²) in [4.78, 5) is 17.8. The van der Waals surface area contributed by atoms with Gasteiger partial charge in [-0.05, 0) is 6.42 Å². The molecule has 1 unspecified atom stereocenters. The van der Waals surface area contributed by atoms with Crippen LogP contribution in [0, 0.1) is 10.1 Å². The maximum Gasteiger partial charge on any atom is 0.329 e. The van der Waals surface area contributed by atoms with Crippen LogP contribution in [0.25, 0.3) is 0 Å². The second kappa shape index (κ2) is 6.70. The molecule has 0 saturated heterocycles. The van der Waals surface area contributed by atoms with E-state index >= 15 is 0 Å². The first kappa shape index (κ1) is 14.1. The molecule has 3 N–H and O–H groups in total. The minimum absolute atomic E-state index is 0.00392. The van der Waals surface area contributed by atoms with Crippen LogP contribution in [0.2, 0.25) is 0 Å². The molecular formula is C10H17N5O3. The fraction of sp³-hybridized carbons (Fsp3) is 0.600. The van der Waals surface area contributed by atoms with Gasteiger partial charge < -0.3 is 15.8 Å². The molecule has 0 aliphatic heterocycles. The van der Waals surface area contributed by atoms with Crippen molar-refractivity contribution in [2.45, 2.75) is 25.8 Å². The van der Waals surface area contributed by atoms with E-state index in [-0.39, 0.29) is 23.5 Å². The molecule has 1 aromatic rings. The zero-order valence-electron chi connectivity index (χ0n) is 10.4.